The van der Waals surface area contributed by atoms with Crippen LogP contribution >= 0.6 is 33.1 Å². The Bertz CT molecular complexity index is 179. The number of hydrogen-bond donors (Lipinski definition) is 0. The lowest BCUT2D eigenvalue weighted by atomic mass is 10.4. The molecule has 0 aliphatic carbocycles. The molecule has 0 saturated carbocycles. The minimum absolute atomic E-state index is 0.103. The molecule has 1 heterocycles. The van der Waals surface area contributed by atoms with Crippen molar-refractivity contribution in [2.45, 2.75) is 12.7 Å². The first-order valence-corrected chi connectivity index (χ1v) is 9.38. The number of nitrogens with zero attached hydrogens (tertiary/aromatic N) is 3. The van der Waals surface area contributed by atoms with Crippen LogP contribution in [0, 0.1) is 0 Å². The highest BCUT2D eigenvalue weighted by Crippen LogP contribution is 2.69. The minimum Gasteiger partial charge on any atom is -0.154 e. The molecular formula is C3H9N3P4. The SMILES string of the molecule is CC1=NN=NC1P(P)PP. The van der Waals surface area contributed by atoms with Crippen molar-refractivity contribution in [1.82, 2.24) is 0 Å². The van der Waals surface area contributed by atoms with Gasteiger partial charge in [0.25, 0.3) is 0 Å². The van der Waals surface area contributed by atoms with Crippen LogP contribution in [-0.4, -0.2) is 11.5 Å². The summed E-state index contributed by atoms with van der Waals surface area (Å²) in [6.07, 6.45) is 0. The summed E-state index contributed by atoms with van der Waals surface area (Å²) in [5.41, 5.74) is 1.05. The summed E-state index contributed by atoms with van der Waals surface area (Å²) >= 11 is 0. The predicted octanol–water partition coefficient (Wildman–Crippen LogP) is 2.81. The second-order valence-electron chi connectivity index (χ2n) is 1.86. The van der Waals surface area contributed by atoms with Gasteiger partial charge in [-0.25, -0.2) is 0 Å². The lowest BCUT2D eigenvalue weighted by Crippen LogP contribution is -2.04. The van der Waals surface area contributed by atoms with Crippen molar-refractivity contribution in [3.63, 3.8) is 0 Å². The largest absolute Gasteiger partial charge is 0.154 e. The molecule has 0 saturated heterocycles. The minimum atomic E-state index is -0.103. The van der Waals surface area contributed by atoms with E-state index in [0.717, 1.165) is 13.7 Å². The van der Waals surface area contributed by atoms with Gasteiger partial charge in [-0.2, -0.15) is 5.11 Å². The third-order valence-electron chi connectivity index (χ3n) is 1.15. The zero-order valence-electron chi connectivity index (χ0n) is 5.52. The van der Waals surface area contributed by atoms with E-state index in [2.05, 4.69) is 33.3 Å². The Hall–Kier alpha value is 0.990. The van der Waals surface area contributed by atoms with Gasteiger partial charge in [-0.1, -0.05) is 7.96 Å². The quantitative estimate of drug-likeness (QED) is 0.629. The molecule has 0 aromatic rings. The highest BCUT2D eigenvalue weighted by Gasteiger charge is 2.21. The maximum Gasteiger partial charge on any atom is 0.139 e. The molecule has 1 aliphatic rings. The first-order valence-electron chi connectivity index (χ1n) is 2.70. The van der Waals surface area contributed by atoms with E-state index in [1.54, 1.807) is 0 Å². The molecule has 0 N–H and O–H groups in total. The average Bonchev–Trinajstić information content (AvgIpc) is 2.34. The van der Waals surface area contributed by atoms with E-state index in [-0.39, 0.29) is 13.1 Å². The molecule has 56 valence electrons. The first kappa shape index (κ1) is 9.08. The molecule has 5 unspecified atom stereocenters. The second-order valence-corrected chi connectivity index (χ2v) is 11.3. The Kier molecular flexibility index (Phi) is 3.75. The van der Waals surface area contributed by atoms with E-state index in [1.165, 1.54) is 0 Å². The number of rotatable bonds is 2. The molecule has 7 heteroatoms. The highest BCUT2D eigenvalue weighted by atomic mass is 32.6. The van der Waals surface area contributed by atoms with Crippen molar-refractivity contribution >= 4 is 38.8 Å². The molecule has 1 rings (SSSR count). The predicted molar refractivity (Wildman–Crippen MR) is 56.4 cm³/mol. The second kappa shape index (κ2) is 4.13. The standard InChI is InChI=1S/C3H9N3P4/c1-2-3(5-6-4-2)10(8)9-7/h3,9H,7-8H2,1H3. The molecule has 0 amide bonds. The summed E-state index contributed by atoms with van der Waals surface area (Å²) in [4.78, 5) is 0. The van der Waals surface area contributed by atoms with Gasteiger partial charge in [-0.05, 0) is 19.4 Å². The molecule has 0 spiro atoms. The van der Waals surface area contributed by atoms with Crippen LogP contribution in [0.1, 0.15) is 6.92 Å². The Morgan fingerprint density at radius 2 is 2.40 bits per heavy atom. The average molecular weight is 211 g/mol. The van der Waals surface area contributed by atoms with Gasteiger partial charge in [0.15, 0.2) is 0 Å². The molecule has 0 aromatic carbocycles. The molecule has 3 nitrogen and oxygen atoms in total. The molecule has 5 atom stereocenters. The van der Waals surface area contributed by atoms with Crippen LogP contribution in [0.4, 0.5) is 0 Å². The van der Waals surface area contributed by atoms with Crippen LogP contribution in [0.3, 0.4) is 0 Å². The molecule has 0 fully saturated rings. The van der Waals surface area contributed by atoms with Crippen molar-refractivity contribution in [1.29, 1.82) is 0 Å². The van der Waals surface area contributed by atoms with Gasteiger partial charge < -0.3 is 0 Å². The molecule has 1 aliphatic heterocycles. The zero-order valence-corrected chi connectivity index (χ0v) is 9.72. The first-order chi connectivity index (χ1) is 4.75. The molecule has 10 heavy (non-hydrogen) atoms. The van der Waals surface area contributed by atoms with E-state index in [1.807, 2.05) is 6.92 Å². The van der Waals surface area contributed by atoms with Crippen molar-refractivity contribution in [2.75, 3.05) is 0 Å². The summed E-state index contributed by atoms with van der Waals surface area (Å²) in [6.45, 7) is 1.98. The summed E-state index contributed by atoms with van der Waals surface area (Å²) in [6, 6.07) is 0. The van der Waals surface area contributed by atoms with E-state index in [9.17, 15) is 0 Å². The monoisotopic (exact) mass is 211 g/mol. The topological polar surface area (TPSA) is 37.1 Å². The Morgan fingerprint density at radius 3 is 2.80 bits per heavy atom. The lowest BCUT2D eigenvalue weighted by molar-refractivity contribution is 1.03. The Morgan fingerprint density at radius 1 is 1.70 bits per heavy atom. The van der Waals surface area contributed by atoms with Crippen LogP contribution in [0.5, 0.6) is 0 Å². The smallest absolute Gasteiger partial charge is 0.139 e. The van der Waals surface area contributed by atoms with Crippen LogP contribution < -0.4 is 0 Å². The fraction of sp³-hybridized carbons (Fsp3) is 0.667. The van der Waals surface area contributed by atoms with Crippen molar-refractivity contribution < 1.29 is 0 Å². The molecule has 0 radical (unpaired) electrons. The van der Waals surface area contributed by atoms with Gasteiger partial charge in [0.05, 0.1) is 5.71 Å². The van der Waals surface area contributed by atoms with Crippen molar-refractivity contribution in [2.24, 2.45) is 15.4 Å². The maximum absolute atomic E-state index is 4.01. The van der Waals surface area contributed by atoms with Crippen molar-refractivity contribution in [3.8, 4) is 0 Å². The summed E-state index contributed by atoms with van der Waals surface area (Å²) in [7, 11) is 6.33. The van der Waals surface area contributed by atoms with E-state index in [0.29, 0.717) is 0 Å². The normalized spacial score (nSPS) is 27.9. The lowest BCUT2D eigenvalue weighted by Gasteiger charge is -2.12. The van der Waals surface area contributed by atoms with Crippen LogP contribution in [0.15, 0.2) is 15.4 Å². The third kappa shape index (κ3) is 1.99. The maximum atomic E-state index is 4.01. The van der Waals surface area contributed by atoms with Gasteiger partial charge in [0.2, 0.25) is 0 Å². The highest BCUT2D eigenvalue weighted by molar-refractivity contribution is 8.61. The molecular weight excluding hydrogens is 202 g/mol. The van der Waals surface area contributed by atoms with Gasteiger partial charge in [0.1, 0.15) is 5.78 Å². The van der Waals surface area contributed by atoms with Crippen LogP contribution in [0.25, 0.3) is 0 Å². The van der Waals surface area contributed by atoms with Gasteiger partial charge >= 0.3 is 0 Å². The molecule has 0 aromatic heterocycles. The molecule has 0 bridgehead atoms. The third-order valence-corrected chi connectivity index (χ3v) is 11.6. The van der Waals surface area contributed by atoms with Crippen LogP contribution in [0.2, 0.25) is 0 Å². The van der Waals surface area contributed by atoms with Gasteiger partial charge in [-0.3, -0.25) is 0 Å². The summed E-state index contributed by atoms with van der Waals surface area (Å²) in [5, 5.41) is 11.5. The summed E-state index contributed by atoms with van der Waals surface area (Å²) in [5.74, 6) is 0.274. The van der Waals surface area contributed by atoms with Gasteiger partial charge in [0, 0.05) is 0 Å². The van der Waals surface area contributed by atoms with E-state index in [4.69, 9.17) is 0 Å². The van der Waals surface area contributed by atoms with Crippen molar-refractivity contribution in [3.05, 3.63) is 0 Å². The fourth-order valence-corrected chi connectivity index (χ4v) is 4.60. The fourth-order valence-electron chi connectivity index (χ4n) is 0.608. The zero-order chi connectivity index (χ0) is 7.56. The van der Waals surface area contributed by atoms with Gasteiger partial charge in [-0.15, -0.1) is 23.0 Å². The summed E-state index contributed by atoms with van der Waals surface area (Å²) < 4.78 is 0. The van der Waals surface area contributed by atoms with E-state index >= 15 is 0 Å². The van der Waals surface area contributed by atoms with Crippen LogP contribution in [-0.2, 0) is 0 Å². The number of hydrogen-bond acceptors (Lipinski definition) is 3. The Labute approximate surface area is 67.5 Å². The Balaban J connectivity index is 2.57. The van der Waals surface area contributed by atoms with E-state index < -0.39 is 0 Å².